The van der Waals surface area contributed by atoms with Gasteiger partial charge in [-0.25, -0.2) is 4.98 Å². The average molecular weight is 680 g/mol. The number of nitrogens with zero attached hydrogens (tertiary/aromatic N) is 1. The summed E-state index contributed by atoms with van der Waals surface area (Å²) in [6.45, 7) is 21.0. The maximum absolute atomic E-state index is 15.6. The van der Waals surface area contributed by atoms with Gasteiger partial charge in [0.2, 0.25) is 5.91 Å². The molecule has 0 saturated heterocycles. The van der Waals surface area contributed by atoms with Crippen LogP contribution < -0.4 is 5.32 Å². The number of imidazole rings is 1. The lowest BCUT2D eigenvalue weighted by atomic mass is 9.30. The lowest BCUT2D eigenvalue weighted by Crippen LogP contribution is -2.73. The molecule has 8 rings (SSSR count). The van der Waals surface area contributed by atoms with Gasteiger partial charge in [-0.3, -0.25) is 9.59 Å². The summed E-state index contributed by atoms with van der Waals surface area (Å²) in [7, 11) is 0. The highest BCUT2D eigenvalue weighted by Gasteiger charge is 2.79. The van der Waals surface area contributed by atoms with E-state index >= 15 is 4.79 Å². The van der Waals surface area contributed by atoms with Crippen molar-refractivity contribution in [2.75, 3.05) is 0 Å². The third kappa shape index (κ3) is 4.60. The Balaban J connectivity index is 1.14. The van der Waals surface area contributed by atoms with Crippen LogP contribution in [0.3, 0.4) is 0 Å². The number of amides is 1. The number of benzene rings is 1. The van der Waals surface area contributed by atoms with Crippen LogP contribution in [-0.4, -0.2) is 27.9 Å². The first-order valence-corrected chi connectivity index (χ1v) is 19.9. The van der Waals surface area contributed by atoms with Crippen LogP contribution in [0.15, 0.2) is 48.7 Å². The van der Waals surface area contributed by atoms with Crippen molar-refractivity contribution in [1.29, 1.82) is 0 Å². The standard InChI is InChI=1S/C44H61N3O3/c1-26(2)34-20-21-44(39(49)47-43(22-23-43)38-45-25-36(46-38)28-12-10-9-11-13-28)41(6,7)40(4,5)37-33-16-14-29-24-30(50-27(3)48)15-17-31(29)32(33)18-19-35(37)42(34,44)8/h9-13,25,29-35,37H,1,14-24H2,2-8H3,(H,45,46)(H,47,49). The number of aromatic amines is 1. The number of carbonyl (C=O) groups excluding carboxylic acids is 2. The highest BCUT2D eigenvalue weighted by molar-refractivity contribution is 5.87. The van der Waals surface area contributed by atoms with Crippen LogP contribution >= 0.6 is 0 Å². The zero-order valence-electron chi connectivity index (χ0n) is 31.7. The van der Waals surface area contributed by atoms with E-state index in [2.05, 4.69) is 82.7 Å². The van der Waals surface area contributed by atoms with Crippen molar-refractivity contribution in [1.82, 2.24) is 15.3 Å². The van der Waals surface area contributed by atoms with E-state index in [1.807, 2.05) is 12.3 Å². The minimum Gasteiger partial charge on any atom is -0.463 e. The number of esters is 1. The molecule has 6 aliphatic rings. The van der Waals surface area contributed by atoms with Gasteiger partial charge in [0, 0.05) is 6.92 Å². The normalized spacial score (nSPS) is 40.3. The number of ether oxygens (including phenoxy) is 1. The molecule has 2 aromatic rings. The molecule has 0 radical (unpaired) electrons. The summed E-state index contributed by atoms with van der Waals surface area (Å²) in [5.41, 5.74) is 1.95. The second-order valence-electron chi connectivity index (χ2n) is 19.1. The van der Waals surface area contributed by atoms with Crippen LogP contribution in [0.1, 0.15) is 125 Å². The monoisotopic (exact) mass is 679 g/mol. The second-order valence-corrected chi connectivity index (χ2v) is 19.1. The van der Waals surface area contributed by atoms with Gasteiger partial charge < -0.3 is 15.0 Å². The molecule has 50 heavy (non-hydrogen) atoms. The van der Waals surface area contributed by atoms with Crippen molar-refractivity contribution in [3.63, 3.8) is 0 Å². The molecule has 6 saturated carbocycles. The van der Waals surface area contributed by atoms with Crippen molar-refractivity contribution in [3.8, 4) is 11.3 Å². The van der Waals surface area contributed by atoms with Crippen LogP contribution in [0.5, 0.6) is 0 Å². The fourth-order valence-corrected chi connectivity index (χ4v) is 14.2. The number of hydrogen-bond donors (Lipinski definition) is 2. The van der Waals surface area contributed by atoms with Crippen LogP contribution in [0.2, 0.25) is 0 Å². The van der Waals surface area contributed by atoms with Gasteiger partial charge >= 0.3 is 5.97 Å². The number of H-pyrrole nitrogens is 1. The number of allylic oxidation sites excluding steroid dienone is 1. The summed E-state index contributed by atoms with van der Waals surface area (Å²) in [4.78, 5) is 35.9. The first-order valence-electron chi connectivity index (χ1n) is 19.9. The second kappa shape index (κ2) is 11.6. The quantitative estimate of drug-likeness (QED) is 0.235. The Hall–Kier alpha value is -2.89. The molecule has 10 unspecified atom stereocenters. The van der Waals surface area contributed by atoms with Crippen molar-refractivity contribution < 1.29 is 14.3 Å². The number of carbonyl (C=O) groups is 2. The van der Waals surface area contributed by atoms with Gasteiger partial charge in [-0.15, -0.1) is 0 Å². The largest absolute Gasteiger partial charge is 0.463 e. The number of fused-ring (bicyclic) bond motifs is 7. The number of rotatable bonds is 6. The summed E-state index contributed by atoms with van der Waals surface area (Å²) in [5.74, 6) is 5.17. The molecule has 10 atom stereocenters. The molecular formula is C44H61N3O3. The molecule has 2 N–H and O–H groups in total. The SMILES string of the molecule is C=C(C)C1CCC2(C(=O)NC3(c4ncc(-c5ccccc5)[nH]4)CC3)C1(C)C1CCC3C4CCC(OC(C)=O)CC4CCC3C1C(C)(C)C2(C)C. The number of hydrogen-bond acceptors (Lipinski definition) is 4. The van der Waals surface area contributed by atoms with E-state index in [-0.39, 0.29) is 34.2 Å². The van der Waals surface area contributed by atoms with Gasteiger partial charge in [0.1, 0.15) is 11.9 Å². The van der Waals surface area contributed by atoms with Gasteiger partial charge in [-0.2, -0.15) is 0 Å². The van der Waals surface area contributed by atoms with Crippen LogP contribution in [0.4, 0.5) is 0 Å². The zero-order valence-corrected chi connectivity index (χ0v) is 31.7. The van der Waals surface area contributed by atoms with Crippen LogP contribution in [0.25, 0.3) is 11.3 Å². The Morgan fingerprint density at radius 2 is 1.58 bits per heavy atom. The zero-order chi connectivity index (χ0) is 35.4. The molecular weight excluding hydrogens is 619 g/mol. The summed E-state index contributed by atoms with van der Waals surface area (Å²) >= 11 is 0. The van der Waals surface area contributed by atoms with E-state index in [4.69, 9.17) is 9.72 Å². The summed E-state index contributed by atoms with van der Waals surface area (Å²) in [6, 6.07) is 10.4. The molecule has 0 bridgehead atoms. The van der Waals surface area contributed by atoms with Crippen LogP contribution in [0, 0.1) is 63.1 Å². The van der Waals surface area contributed by atoms with Crippen molar-refractivity contribution in [2.45, 2.75) is 131 Å². The Morgan fingerprint density at radius 1 is 0.880 bits per heavy atom. The minimum absolute atomic E-state index is 0.0362. The highest BCUT2D eigenvalue weighted by atomic mass is 16.5. The number of aromatic nitrogens is 2. The Morgan fingerprint density at radius 3 is 2.26 bits per heavy atom. The summed E-state index contributed by atoms with van der Waals surface area (Å²) in [6.07, 6.45) is 14.0. The van der Waals surface area contributed by atoms with Crippen molar-refractivity contribution in [2.24, 2.45) is 63.1 Å². The molecule has 6 nitrogen and oxygen atoms in total. The van der Waals surface area contributed by atoms with Gasteiger partial charge in [-0.1, -0.05) is 77.1 Å². The van der Waals surface area contributed by atoms with Gasteiger partial charge in [0.25, 0.3) is 0 Å². The van der Waals surface area contributed by atoms with Crippen molar-refractivity contribution >= 4 is 11.9 Å². The van der Waals surface area contributed by atoms with E-state index in [0.717, 1.165) is 67.4 Å². The Kier molecular flexibility index (Phi) is 7.91. The molecule has 0 aliphatic heterocycles. The predicted octanol–water partition coefficient (Wildman–Crippen LogP) is 9.63. The third-order valence-electron chi connectivity index (χ3n) is 16.9. The molecule has 0 spiro atoms. The topological polar surface area (TPSA) is 84.1 Å². The Labute approximate surface area is 300 Å². The molecule has 6 aliphatic carbocycles. The fraction of sp³-hybridized carbons (Fsp3) is 0.705. The highest BCUT2D eigenvalue weighted by Crippen LogP contribution is 2.81. The first-order chi connectivity index (χ1) is 23.7. The lowest BCUT2D eigenvalue weighted by molar-refractivity contribution is -0.258. The average Bonchev–Trinajstić information content (AvgIpc) is 3.52. The third-order valence-corrected chi connectivity index (χ3v) is 16.9. The molecule has 1 aromatic carbocycles. The predicted molar refractivity (Wildman–Crippen MR) is 198 cm³/mol. The maximum atomic E-state index is 15.6. The summed E-state index contributed by atoms with van der Waals surface area (Å²) in [5, 5.41) is 3.77. The molecule has 1 aromatic heterocycles. The van der Waals surface area contributed by atoms with E-state index < -0.39 is 11.0 Å². The van der Waals surface area contributed by atoms with E-state index in [0.29, 0.717) is 29.6 Å². The molecule has 270 valence electrons. The Bertz CT molecular complexity index is 1670. The molecule has 1 amide bonds. The lowest BCUT2D eigenvalue weighted by Gasteiger charge is -2.73. The fourth-order valence-electron chi connectivity index (χ4n) is 14.2. The molecule has 6 heteroatoms. The van der Waals surface area contributed by atoms with E-state index in [1.165, 1.54) is 37.7 Å². The summed E-state index contributed by atoms with van der Waals surface area (Å²) < 4.78 is 5.75. The first kappa shape index (κ1) is 34.2. The van der Waals surface area contributed by atoms with E-state index in [1.54, 1.807) is 6.92 Å². The molecule has 1 heterocycles. The van der Waals surface area contributed by atoms with Crippen molar-refractivity contribution in [3.05, 3.63) is 54.5 Å². The molecule has 6 fully saturated rings. The van der Waals surface area contributed by atoms with Gasteiger partial charge in [0.15, 0.2) is 0 Å². The van der Waals surface area contributed by atoms with Gasteiger partial charge in [-0.05, 0) is 141 Å². The van der Waals surface area contributed by atoms with E-state index in [9.17, 15) is 4.79 Å². The minimum atomic E-state index is -0.523. The van der Waals surface area contributed by atoms with Gasteiger partial charge in [0.05, 0.1) is 22.8 Å². The van der Waals surface area contributed by atoms with Crippen LogP contribution in [-0.2, 0) is 19.9 Å². The maximum Gasteiger partial charge on any atom is 0.302 e. The number of nitrogens with one attached hydrogen (secondary N) is 2. The smallest absolute Gasteiger partial charge is 0.302 e.